The third-order valence-corrected chi connectivity index (χ3v) is 10.4. The fourth-order valence-corrected chi connectivity index (χ4v) is 4.32. The van der Waals surface area contributed by atoms with Crippen molar-refractivity contribution in [2.45, 2.75) is 71.3 Å². The lowest BCUT2D eigenvalue weighted by Gasteiger charge is -2.38. The van der Waals surface area contributed by atoms with E-state index in [1.165, 1.54) is 7.11 Å². The average molecular weight is 400 g/mol. The molecule has 0 radical (unpaired) electrons. The third-order valence-electron chi connectivity index (χ3n) is 5.86. The summed E-state index contributed by atoms with van der Waals surface area (Å²) in [6.07, 6.45) is -0.674. The molecule has 1 aliphatic heterocycles. The normalized spacial score (nSPS) is 28.0. The van der Waals surface area contributed by atoms with Crippen LogP contribution in [0.2, 0.25) is 18.1 Å². The van der Waals surface area contributed by atoms with E-state index < -0.39 is 43.9 Å². The van der Waals surface area contributed by atoms with Crippen molar-refractivity contribution in [2.24, 2.45) is 17.8 Å². The Morgan fingerprint density at radius 2 is 1.67 bits per heavy atom. The zero-order chi connectivity index (χ0) is 20.9. The number of ether oxygens (including phenoxy) is 2. The molecule has 4 atom stereocenters. The number of likely N-dealkylation sites (tertiary alicyclic amines) is 1. The van der Waals surface area contributed by atoms with Crippen LogP contribution in [0.4, 0.5) is 4.79 Å². The van der Waals surface area contributed by atoms with E-state index in [0.717, 1.165) is 4.90 Å². The summed E-state index contributed by atoms with van der Waals surface area (Å²) in [4.78, 5) is 38.6. The third kappa shape index (κ3) is 4.21. The lowest BCUT2D eigenvalue weighted by atomic mass is 10.1. The van der Waals surface area contributed by atoms with Gasteiger partial charge in [0.25, 0.3) is 0 Å². The van der Waals surface area contributed by atoms with Gasteiger partial charge in [0.05, 0.1) is 31.6 Å². The Labute approximate surface area is 162 Å². The molecule has 1 aliphatic carbocycles. The van der Waals surface area contributed by atoms with Gasteiger partial charge in [-0.3, -0.25) is 9.59 Å². The molecule has 1 saturated heterocycles. The average Bonchev–Trinajstić information content (AvgIpc) is 3.15. The predicted octanol–water partition coefficient (Wildman–Crippen LogP) is 3.19. The molecule has 0 aromatic carbocycles. The second kappa shape index (κ2) is 6.88. The van der Waals surface area contributed by atoms with E-state index in [1.807, 2.05) is 0 Å². The monoisotopic (exact) mass is 399 g/mol. The van der Waals surface area contributed by atoms with E-state index in [9.17, 15) is 14.4 Å². The van der Waals surface area contributed by atoms with Crippen LogP contribution in [-0.2, 0) is 23.5 Å². The second-order valence-electron chi connectivity index (χ2n) is 9.98. The van der Waals surface area contributed by atoms with Crippen molar-refractivity contribution in [3.8, 4) is 0 Å². The second-order valence-corrected chi connectivity index (χ2v) is 14.8. The Hall–Kier alpha value is -1.41. The van der Waals surface area contributed by atoms with Gasteiger partial charge in [0.15, 0.2) is 8.32 Å². The number of carbonyl (C=O) groups excluding carboxylic acids is 3. The molecule has 154 valence electrons. The lowest BCUT2D eigenvalue weighted by molar-refractivity contribution is -0.146. The molecule has 0 aromatic rings. The highest BCUT2D eigenvalue weighted by Gasteiger charge is 2.71. The summed E-state index contributed by atoms with van der Waals surface area (Å²) in [5.41, 5.74) is -0.712. The number of esters is 1. The molecule has 2 fully saturated rings. The molecule has 0 bridgehead atoms. The molecule has 2 rings (SSSR count). The zero-order valence-corrected chi connectivity index (χ0v) is 18.9. The molecule has 0 aromatic heterocycles. The van der Waals surface area contributed by atoms with Crippen LogP contribution in [0.1, 0.15) is 41.5 Å². The minimum absolute atomic E-state index is 0.00291. The van der Waals surface area contributed by atoms with Gasteiger partial charge in [0.1, 0.15) is 5.60 Å². The van der Waals surface area contributed by atoms with Gasteiger partial charge < -0.3 is 13.9 Å². The standard InChI is InChI=1S/C19H33NO6Si/c1-18(2,3)26-17(23)20-11(10-25-27(8,9)19(4,5)6)12-13(15(20)21)14(12)16(22)24-7/h11-14H,10H2,1-9H3/t11-,12-,13+,14+/m1/s1. The number of rotatable bonds is 4. The van der Waals surface area contributed by atoms with Crippen LogP contribution in [0.5, 0.6) is 0 Å². The quantitative estimate of drug-likeness (QED) is 0.533. The molecule has 2 amide bonds. The number of piperidine rings is 1. The molecule has 2 aliphatic rings. The van der Waals surface area contributed by atoms with Crippen molar-refractivity contribution in [3.63, 3.8) is 0 Å². The molecule has 8 heteroatoms. The summed E-state index contributed by atoms with van der Waals surface area (Å²) < 4.78 is 16.5. The maximum Gasteiger partial charge on any atom is 0.417 e. The molecule has 7 nitrogen and oxygen atoms in total. The van der Waals surface area contributed by atoms with E-state index in [0.29, 0.717) is 0 Å². The molecule has 0 unspecified atom stereocenters. The Morgan fingerprint density at radius 3 is 2.11 bits per heavy atom. The number of fused-ring (bicyclic) bond motifs is 1. The smallest absolute Gasteiger partial charge is 0.417 e. The lowest BCUT2D eigenvalue weighted by Crippen LogP contribution is -2.50. The van der Waals surface area contributed by atoms with E-state index >= 15 is 0 Å². The summed E-state index contributed by atoms with van der Waals surface area (Å²) >= 11 is 0. The summed E-state index contributed by atoms with van der Waals surface area (Å²) in [6.45, 7) is 16.1. The molecule has 0 spiro atoms. The first kappa shape index (κ1) is 21.9. The predicted molar refractivity (Wildman–Crippen MR) is 103 cm³/mol. The van der Waals surface area contributed by atoms with Crippen LogP contribution in [-0.4, -0.2) is 56.5 Å². The Bertz CT molecular complexity index is 633. The van der Waals surface area contributed by atoms with Crippen LogP contribution in [0.25, 0.3) is 0 Å². The number of methoxy groups -OCH3 is 1. The van der Waals surface area contributed by atoms with E-state index in [4.69, 9.17) is 13.9 Å². The van der Waals surface area contributed by atoms with E-state index in [-0.39, 0.29) is 23.5 Å². The molecular formula is C19H33NO6Si. The minimum atomic E-state index is -2.08. The first-order valence-electron chi connectivity index (χ1n) is 9.40. The van der Waals surface area contributed by atoms with Crippen LogP contribution in [0.3, 0.4) is 0 Å². The first-order chi connectivity index (χ1) is 12.1. The van der Waals surface area contributed by atoms with E-state index in [2.05, 4.69) is 33.9 Å². The molecular weight excluding hydrogens is 366 g/mol. The van der Waals surface area contributed by atoms with Crippen molar-refractivity contribution >= 4 is 26.3 Å². The van der Waals surface area contributed by atoms with Crippen molar-refractivity contribution < 1.29 is 28.3 Å². The zero-order valence-electron chi connectivity index (χ0n) is 17.9. The van der Waals surface area contributed by atoms with Crippen LogP contribution in [0.15, 0.2) is 0 Å². The summed E-state index contributed by atoms with van der Waals surface area (Å²) in [6, 6.07) is -0.504. The van der Waals surface area contributed by atoms with Gasteiger partial charge in [-0.1, -0.05) is 20.8 Å². The summed E-state index contributed by atoms with van der Waals surface area (Å²) in [7, 11) is -0.767. The van der Waals surface area contributed by atoms with Crippen LogP contribution in [0, 0.1) is 17.8 Å². The fraction of sp³-hybridized carbons (Fsp3) is 0.842. The van der Waals surface area contributed by atoms with Crippen LogP contribution < -0.4 is 0 Å². The highest BCUT2D eigenvalue weighted by molar-refractivity contribution is 6.74. The van der Waals surface area contributed by atoms with E-state index in [1.54, 1.807) is 20.8 Å². The molecule has 1 heterocycles. The van der Waals surface area contributed by atoms with Crippen LogP contribution >= 0.6 is 0 Å². The minimum Gasteiger partial charge on any atom is -0.469 e. The molecule has 0 N–H and O–H groups in total. The Morgan fingerprint density at radius 1 is 1.11 bits per heavy atom. The molecule has 27 heavy (non-hydrogen) atoms. The van der Waals surface area contributed by atoms with Gasteiger partial charge in [0.2, 0.25) is 5.91 Å². The number of amides is 2. The maximum absolute atomic E-state index is 12.8. The molecule has 1 saturated carbocycles. The van der Waals surface area contributed by atoms with Gasteiger partial charge >= 0.3 is 12.1 Å². The fourth-order valence-electron chi connectivity index (χ4n) is 3.30. The van der Waals surface area contributed by atoms with Gasteiger partial charge in [-0.15, -0.1) is 0 Å². The number of nitrogens with zero attached hydrogens (tertiary/aromatic N) is 1. The number of hydrogen-bond acceptors (Lipinski definition) is 6. The largest absolute Gasteiger partial charge is 0.469 e. The summed E-state index contributed by atoms with van der Waals surface area (Å²) in [5.74, 6) is -2.04. The summed E-state index contributed by atoms with van der Waals surface area (Å²) in [5, 5.41) is -0.00291. The first-order valence-corrected chi connectivity index (χ1v) is 12.3. The van der Waals surface area contributed by atoms with Crippen molar-refractivity contribution in [3.05, 3.63) is 0 Å². The number of hydrogen-bond donors (Lipinski definition) is 0. The SMILES string of the molecule is COC(=O)[C@@H]1[C@H]2C(=O)N(C(=O)OC(C)(C)C)[C@H](CO[Si](C)(C)C(C)(C)C)[C@@H]12. The number of imide groups is 1. The van der Waals surface area contributed by atoms with Gasteiger partial charge in [0, 0.05) is 5.92 Å². The maximum atomic E-state index is 12.8. The van der Waals surface area contributed by atoms with Gasteiger partial charge in [-0.05, 0) is 38.9 Å². The van der Waals surface area contributed by atoms with Crippen molar-refractivity contribution in [2.75, 3.05) is 13.7 Å². The van der Waals surface area contributed by atoms with Crippen molar-refractivity contribution in [1.29, 1.82) is 0 Å². The Balaban J connectivity index is 2.22. The van der Waals surface area contributed by atoms with Crippen molar-refractivity contribution in [1.82, 2.24) is 4.90 Å². The highest BCUT2D eigenvalue weighted by atomic mass is 28.4. The van der Waals surface area contributed by atoms with Gasteiger partial charge in [-0.2, -0.15) is 0 Å². The highest BCUT2D eigenvalue weighted by Crippen LogP contribution is 2.57. The van der Waals surface area contributed by atoms with Gasteiger partial charge in [-0.25, -0.2) is 9.69 Å². The number of carbonyl (C=O) groups is 3. The topological polar surface area (TPSA) is 82.1 Å². The Kier molecular flexibility index (Phi) is 5.58.